The average molecular weight is 377 g/mol. The van der Waals surface area contributed by atoms with Crippen molar-refractivity contribution >= 4 is 22.6 Å². The first-order valence-electron chi connectivity index (χ1n) is 9.92. The molecule has 0 radical (unpaired) electrons. The van der Waals surface area contributed by atoms with E-state index in [4.69, 9.17) is 8.83 Å². The fraction of sp³-hybridized carbons (Fsp3) is 0.364. The van der Waals surface area contributed by atoms with Crippen LogP contribution in [0.4, 0.5) is 0 Å². The summed E-state index contributed by atoms with van der Waals surface area (Å²) in [6.07, 6.45) is 5.78. The van der Waals surface area contributed by atoms with E-state index in [-0.39, 0.29) is 11.9 Å². The number of carbonyl (C=O) groups is 1. The van der Waals surface area contributed by atoms with Crippen molar-refractivity contribution in [1.82, 2.24) is 9.91 Å². The van der Waals surface area contributed by atoms with E-state index in [0.717, 1.165) is 48.4 Å². The molecule has 144 valence electrons. The molecule has 2 aliphatic rings. The van der Waals surface area contributed by atoms with Crippen LogP contribution >= 0.6 is 0 Å². The number of furan rings is 2. The third kappa shape index (κ3) is 3.24. The first-order valence-corrected chi connectivity index (χ1v) is 9.92. The van der Waals surface area contributed by atoms with E-state index >= 15 is 0 Å². The molecule has 1 amide bonds. The van der Waals surface area contributed by atoms with Gasteiger partial charge in [-0.3, -0.25) is 9.69 Å². The van der Waals surface area contributed by atoms with Crippen molar-refractivity contribution in [2.24, 2.45) is 5.10 Å². The van der Waals surface area contributed by atoms with Crippen LogP contribution in [0.2, 0.25) is 0 Å². The summed E-state index contributed by atoms with van der Waals surface area (Å²) in [5.74, 6) is 1.47. The topological polar surface area (TPSA) is 62.2 Å². The van der Waals surface area contributed by atoms with Crippen molar-refractivity contribution in [3.05, 3.63) is 60.2 Å². The number of piperidine rings is 1. The molecule has 0 saturated carbocycles. The van der Waals surface area contributed by atoms with Gasteiger partial charge >= 0.3 is 0 Å². The van der Waals surface area contributed by atoms with Gasteiger partial charge in [-0.25, -0.2) is 5.01 Å². The highest BCUT2D eigenvalue weighted by Crippen LogP contribution is 2.34. The summed E-state index contributed by atoms with van der Waals surface area (Å²) in [4.78, 5) is 15.3. The Morgan fingerprint density at radius 3 is 2.75 bits per heavy atom. The molecule has 2 aliphatic heterocycles. The lowest BCUT2D eigenvalue weighted by Gasteiger charge is -2.28. The number of rotatable bonds is 4. The van der Waals surface area contributed by atoms with E-state index in [1.54, 1.807) is 11.3 Å². The molecule has 1 atom stereocenters. The zero-order valence-corrected chi connectivity index (χ0v) is 15.7. The molecular weight excluding hydrogens is 354 g/mol. The second kappa shape index (κ2) is 7.28. The smallest absolute Gasteiger partial charge is 0.257 e. The maximum Gasteiger partial charge on any atom is 0.257 e. The first-order chi connectivity index (χ1) is 13.8. The Hall–Kier alpha value is -2.86. The zero-order chi connectivity index (χ0) is 18.9. The lowest BCUT2D eigenvalue weighted by molar-refractivity contribution is -0.134. The van der Waals surface area contributed by atoms with Crippen LogP contribution in [0.5, 0.6) is 0 Å². The van der Waals surface area contributed by atoms with Gasteiger partial charge in [-0.15, -0.1) is 0 Å². The molecule has 3 aromatic rings. The highest BCUT2D eigenvalue weighted by atomic mass is 16.3. The fourth-order valence-electron chi connectivity index (χ4n) is 4.10. The van der Waals surface area contributed by atoms with E-state index < -0.39 is 0 Å². The Morgan fingerprint density at radius 1 is 1.11 bits per heavy atom. The van der Waals surface area contributed by atoms with Crippen molar-refractivity contribution in [1.29, 1.82) is 0 Å². The lowest BCUT2D eigenvalue weighted by atomic mass is 10.1. The van der Waals surface area contributed by atoms with Gasteiger partial charge in [-0.1, -0.05) is 24.6 Å². The zero-order valence-electron chi connectivity index (χ0n) is 15.7. The van der Waals surface area contributed by atoms with Gasteiger partial charge in [0.2, 0.25) is 0 Å². The van der Waals surface area contributed by atoms with E-state index in [1.165, 1.54) is 6.42 Å². The molecule has 4 heterocycles. The van der Waals surface area contributed by atoms with Crippen molar-refractivity contribution in [2.75, 3.05) is 19.6 Å². The maximum absolute atomic E-state index is 13.1. The summed E-state index contributed by atoms with van der Waals surface area (Å²) in [6.45, 7) is 2.35. The summed E-state index contributed by atoms with van der Waals surface area (Å²) in [5.41, 5.74) is 1.61. The third-order valence-corrected chi connectivity index (χ3v) is 5.55. The van der Waals surface area contributed by atoms with Gasteiger partial charge in [0.1, 0.15) is 23.1 Å². The highest BCUT2D eigenvalue weighted by molar-refractivity contribution is 6.03. The fourth-order valence-corrected chi connectivity index (χ4v) is 4.10. The Labute approximate surface area is 163 Å². The summed E-state index contributed by atoms with van der Waals surface area (Å²) in [6, 6.07) is 13.4. The lowest BCUT2D eigenvalue weighted by Crippen LogP contribution is -2.40. The van der Waals surface area contributed by atoms with Gasteiger partial charge in [0.15, 0.2) is 5.76 Å². The molecule has 0 bridgehead atoms. The number of benzene rings is 1. The van der Waals surface area contributed by atoms with Crippen LogP contribution in [-0.4, -0.2) is 41.2 Å². The van der Waals surface area contributed by atoms with Gasteiger partial charge in [0, 0.05) is 11.8 Å². The van der Waals surface area contributed by atoms with Crippen molar-refractivity contribution in [3.63, 3.8) is 0 Å². The maximum atomic E-state index is 13.1. The predicted octanol–water partition coefficient (Wildman–Crippen LogP) is 4.19. The average Bonchev–Trinajstić information content (AvgIpc) is 3.46. The van der Waals surface area contributed by atoms with E-state index in [2.05, 4.69) is 10.0 Å². The van der Waals surface area contributed by atoms with Crippen molar-refractivity contribution in [3.8, 4) is 0 Å². The number of hydrogen-bond acceptors (Lipinski definition) is 5. The standard InChI is InChI=1S/C22H23N3O3/c26-22(15-24-10-4-1-5-11-24)25-18(20-9-6-12-27-20)14-17(23-25)21-13-16-7-2-3-8-19(16)28-21/h2-3,6-9,12-13,18H,1,4-5,10-11,14-15H2/t18-/m0/s1. The van der Waals surface area contributed by atoms with Gasteiger partial charge in [-0.05, 0) is 50.2 Å². The summed E-state index contributed by atoms with van der Waals surface area (Å²) >= 11 is 0. The van der Waals surface area contributed by atoms with Crippen LogP contribution in [0.15, 0.2) is 62.7 Å². The van der Waals surface area contributed by atoms with Crippen LogP contribution < -0.4 is 0 Å². The molecule has 5 rings (SSSR count). The molecule has 28 heavy (non-hydrogen) atoms. The van der Waals surface area contributed by atoms with Crippen LogP contribution in [0.25, 0.3) is 11.0 Å². The number of hydrogen-bond donors (Lipinski definition) is 0. The molecule has 0 spiro atoms. The van der Waals surface area contributed by atoms with Crippen LogP contribution in [0, 0.1) is 0 Å². The molecule has 1 aromatic carbocycles. The quantitative estimate of drug-likeness (QED) is 0.684. The van der Waals surface area contributed by atoms with Gasteiger partial charge in [0.25, 0.3) is 5.91 Å². The van der Waals surface area contributed by atoms with E-state index in [9.17, 15) is 4.79 Å². The molecule has 0 N–H and O–H groups in total. The number of carbonyl (C=O) groups excluding carboxylic acids is 1. The number of fused-ring (bicyclic) bond motifs is 1. The molecule has 6 heteroatoms. The SMILES string of the molecule is O=C(CN1CCCCC1)N1N=C(c2cc3ccccc3o2)C[C@H]1c1ccco1. The van der Waals surface area contributed by atoms with Crippen LogP contribution in [-0.2, 0) is 4.79 Å². The van der Waals surface area contributed by atoms with Crippen LogP contribution in [0.3, 0.4) is 0 Å². The molecule has 0 unspecified atom stereocenters. The molecule has 0 aliphatic carbocycles. The van der Waals surface area contributed by atoms with Crippen LogP contribution in [0.1, 0.15) is 43.2 Å². The van der Waals surface area contributed by atoms with Gasteiger partial charge in [0.05, 0.1) is 12.8 Å². The van der Waals surface area contributed by atoms with Crippen molar-refractivity contribution in [2.45, 2.75) is 31.7 Å². The Morgan fingerprint density at radius 2 is 1.96 bits per heavy atom. The number of likely N-dealkylation sites (tertiary alicyclic amines) is 1. The predicted molar refractivity (Wildman–Crippen MR) is 106 cm³/mol. The van der Waals surface area contributed by atoms with Gasteiger partial charge < -0.3 is 8.83 Å². The first kappa shape index (κ1) is 17.3. The van der Waals surface area contributed by atoms with Gasteiger partial charge in [-0.2, -0.15) is 5.10 Å². The summed E-state index contributed by atoms with van der Waals surface area (Å²) in [7, 11) is 0. The Balaban J connectivity index is 1.43. The molecule has 1 fully saturated rings. The third-order valence-electron chi connectivity index (χ3n) is 5.55. The van der Waals surface area contributed by atoms with E-state index in [0.29, 0.717) is 18.7 Å². The number of para-hydroxylation sites is 1. The Kier molecular flexibility index (Phi) is 4.49. The number of hydrazone groups is 1. The minimum absolute atomic E-state index is 0.00871. The molecule has 2 aromatic heterocycles. The van der Waals surface area contributed by atoms with E-state index in [1.807, 2.05) is 42.5 Å². The molecular formula is C22H23N3O3. The largest absolute Gasteiger partial charge is 0.467 e. The second-order valence-electron chi connectivity index (χ2n) is 7.51. The molecule has 6 nitrogen and oxygen atoms in total. The monoisotopic (exact) mass is 377 g/mol. The normalized spacial score (nSPS) is 20.6. The van der Waals surface area contributed by atoms with Crippen molar-refractivity contribution < 1.29 is 13.6 Å². The summed E-state index contributed by atoms with van der Waals surface area (Å²) < 4.78 is 11.6. The minimum Gasteiger partial charge on any atom is -0.467 e. The molecule has 1 saturated heterocycles. The number of nitrogens with zero attached hydrogens (tertiary/aromatic N) is 3. The second-order valence-corrected chi connectivity index (χ2v) is 7.51. The summed E-state index contributed by atoms with van der Waals surface area (Å²) in [5, 5.41) is 7.30. The number of amides is 1. The minimum atomic E-state index is -0.226. The Bertz CT molecular complexity index is 966. The highest BCUT2D eigenvalue weighted by Gasteiger charge is 2.36.